The Hall–Kier alpha value is -2.11. The quantitative estimate of drug-likeness (QED) is 0.716. The van der Waals surface area contributed by atoms with Crippen LogP contribution in [0.4, 0.5) is 5.82 Å². The Kier molecular flexibility index (Phi) is 5.35. The lowest BCUT2D eigenvalue weighted by Gasteiger charge is -2.14. The lowest BCUT2D eigenvalue weighted by Crippen LogP contribution is -2.40. The molecule has 0 radical (unpaired) electrons. The van der Waals surface area contributed by atoms with Gasteiger partial charge in [0.15, 0.2) is 5.56 Å². The molecule has 120 valence electrons. The van der Waals surface area contributed by atoms with Crippen molar-refractivity contribution in [1.29, 1.82) is 5.26 Å². The molecule has 1 fully saturated rings. The molecule has 1 aromatic rings. The number of hydrogen-bond donors (Lipinski definition) is 1. The van der Waals surface area contributed by atoms with E-state index in [0.29, 0.717) is 19.8 Å². The highest BCUT2D eigenvalue weighted by molar-refractivity contribution is 5.51. The molecule has 1 aliphatic heterocycles. The number of hydrogen-bond acceptors (Lipinski definition) is 6. The van der Waals surface area contributed by atoms with Crippen molar-refractivity contribution in [2.24, 2.45) is 14.1 Å². The lowest BCUT2D eigenvalue weighted by molar-refractivity contribution is 0.0206. The van der Waals surface area contributed by atoms with Crippen LogP contribution in [0, 0.1) is 11.3 Å². The van der Waals surface area contributed by atoms with Gasteiger partial charge in [0.25, 0.3) is 5.56 Å². The molecule has 1 aliphatic rings. The van der Waals surface area contributed by atoms with E-state index in [2.05, 4.69) is 5.32 Å². The third-order valence-electron chi connectivity index (χ3n) is 3.64. The molecule has 2 heterocycles. The summed E-state index contributed by atoms with van der Waals surface area (Å²) in [6.45, 7) is 2.10. The number of ether oxygens (including phenoxy) is 2. The first-order chi connectivity index (χ1) is 10.6. The molecule has 0 aliphatic carbocycles. The molecule has 1 aromatic heterocycles. The van der Waals surface area contributed by atoms with Crippen LogP contribution < -0.4 is 16.6 Å². The second kappa shape index (κ2) is 7.24. The number of rotatable bonds is 6. The summed E-state index contributed by atoms with van der Waals surface area (Å²) < 4.78 is 13.1. The van der Waals surface area contributed by atoms with Gasteiger partial charge in [-0.3, -0.25) is 13.9 Å². The summed E-state index contributed by atoms with van der Waals surface area (Å²) in [5, 5.41) is 12.0. The monoisotopic (exact) mass is 308 g/mol. The fourth-order valence-electron chi connectivity index (χ4n) is 2.38. The zero-order valence-electron chi connectivity index (χ0n) is 12.8. The van der Waals surface area contributed by atoms with Crippen molar-refractivity contribution in [2.75, 3.05) is 31.7 Å². The average molecular weight is 308 g/mol. The highest BCUT2D eigenvalue weighted by atomic mass is 16.5. The fraction of sp³-hybridized carbons (Fsp3) is 0.643. The van der Waals surface area contributed by atoms with Gasteiger partial charge in [-0.05, 0) is 12.8 Å². The standard InChI is InChI=1S/C14H20N4O4/c1-17-12(11(8-15)13(19)18(2)14(17)20)16-5-7-21-9-10-4-3-6-22-10/h10,16H,3-7,9H2,1-2H3. The Morgan fingerprint density at radius 1 is 1.41 bits per heavy atom. The predicted molar refractivity (Wildman–Crippen MR) is 79.9 cm³/mol. The molecule has 0 amide bonds. The highest BCUT2D eigenvalue weighted by Crippen LogP contribution is 2.12. The Balaban J connectivity index is 1.96. The van der Waals surface area contributed by atoms with Crippen molar-refractivity contribution in [2.45, 2.75) is 18.9 Å². The van der Waals surface area contributed by atoms with Crippen LogP contribution in [0.5, 0.6) is 0 Å². The van der Waals surface area contributed by atoms with Gasteiger partial charge in [-0.25, -0.2) is 4.79 Å². The van der Waals surface area contributed by atoms with Gasteiger partial charge >= 0.3 is 5.69 Å². The van der Waals surface area contributed by atoms with Gasteiger partial charge in [0.2, 0.25) is 0 Å². The molecule has 0 spiro atoms. The minimum Gasteiger partial charge on any atom is -0.377 e. The zero-order valence-corrected chi connectivity index (χ0v) is 12.8. The largest absolute Gasteiger partial charge is 0.377 e. The van der Waals surface area contributed by atoms with Crippen LogP contribution in [0.1, 0.15) is 18.4 Å². The van der Waals surface area contributed by atoms with Crippen molar-refractivity contribution in [3.63, 3.8) is 0 Å². The Bertz CT molecular complexity index is 680. The molecule has 0 saturated carbocycles. The Labute approximate surface area is 127 Å². The number of aromatic nitrogens is 2. The van der Waals surface area contributed by atoms with E-state index in [0.717, 1.165) is 24.0 Å². The number of nitriles is 1. The summed E-state index contributed by atoms with van der Waals surface area (Å²) in [6.07, 6.45) is 2.23. The van der Waals surface area contributed by atoms with Gasteiger partial charge in [-0.2, -0.15) is 5.26 Å². The average Bonchev–Trinajstić information content (AvgIpc) is 3.03. The molecule has 8 nitrogen and oxygen atoms in total. The minimum absolute atomic E-state index is 0.0799. The summed E-state index contributed by atoms with van der Waals surface area (Å²) in [5.41, 5.74) is -1.16. The second-order valence-electron chi connectivity index (χ2n) is 5.18. The fourth-order valence-corrected chi connectivity index (χ4v) is 2.38. The molecule has 1 atom stereocenters. The number of nitrogens with one attached hydrogen (secondary N) is 1. The van der Waals surface area contributed by atoms with Crippen molar-refractivity contribution in [3.05, 3.63) is 26.4 Å². The topological polar surface area (TPSA) is 98.3 Å². The van der Waals surface area contributed by atoms with Crippen LogP contribution in [0.25, 0.3) is 0 Å². The first kappa shape index (κ1) is 16.3. The molecule has 2 rings (SSSR count). The minimum atomic E-state index is -0.603. The lowest BCUT2D eigenvalue weighted by atomic mass is 10.2. The second-order valence-corrected chi connectivity index (χ2v) is 5.18. The summed E-state index contributed by atoms with van der Waals surface area (Å²) in [7, 11) is 2.86. The molecular formula is C14H20N4O4. The first-order valence-corrected chi connectivity index (χ1v) is 7.19. The van der Waals surface area contributed by atoms with Crippen LogP contribution in [0.15, 0.2) is 9.59 Å². The summed E-state index contributed by atoms with van der Waals surface area (Å²) in [4.78, 5) is 23.8. The van der Waals surface area contributed by atoms with Crippen molar-refractivity contribution >= 4 is 5.82 Å². The van der Waals surface area contributed by atoms with Gasteiger partial charge in [-0.1, -0.05) is 0 Å². The van der Waals surface area contributed by atoms with E-state index in [1.54, 1.807) is 0 Å². The Morgan fingerprint density at radius 2 is 2.18 bits per heavy atom. The molecule has 0 aromatic carbocycles. The van der Waals surface area contributed by atoms with Gasteiger partial charge < -0.3 is 14.8 Å². The third-order valence-corrected chi connectivity index (χ3v) is 3.64. The molecule has 1 unspecified atom stereocenters. The summed E-state index contributed by atoms with van der Waals surface area (Å²) in [5.74, 6) is 0.219. The molecular weight excluding hydrogens is 288 g/mol. The highest BCUT2D eigenvalue weighted by Gasteiger charge is 2.16. The van der Waals surface area contributed by atoms with Crippen LogP contribution >= 0.6 is 0 Å². The number of anilines is 1. The number of nitrogens with zero attached hydrogens (tertiary/aromatic N) is 3. The summed E-state index contributed by atoms with van der Waals surface area (Å²) >= 11 is 0. The van der Waals surface area contributed by atoms with Gasteiger partial charge in [0, 0.05) is 27.2 Å². The zero-order chi connectivity index (χ0) is 16.1. The van der Waals surface area contributed by atoms with Crippen molar-refractivity contribution in [1.82, 2.24) is 9.13 Å². The Morgan fingerprint density at radius 3 is 2.82 bits per heavy atom. The van der Waals surface area contributed by atoms with Crippen LogP contribution in [-0.2, 0) is 23.6 Å². The molecule has 1 N–H and O–H groups in total. The van der Waals surface area contributed by atoms with Crippen LogP contribution in [-0.4, -0.2) is 41.6 Å². The van der Waals surface area contributed by atoms with Gasteiger partial charge in [0.1, 0.15) is 11.9 Å². The van der Waals surface area contributed by atoms with Crippen molar-refractivity contribution < 1.29 is 9.47 Å². The van der Waals surface area contributed by atoms with E-state index in [1.165, 1.54) is 18.7 Å². The maximum atomic E-state index is 11.9. The van der Waals surface area contributed by atoms with E-state index < -0.39 is 11.2 Å². The van der Waals surface area contributed by atoms with Crippen LogP contribution in [0.3, 0.4) is 0 Å². The SMILES string of the molecule is Cn1c(NCCOCC2CCCO2)c(C#N)c(=O)n(C)c1=O. The van der Waals surface area contributed by atoms with E-state index in [4.69, 9.17) is 14.7 Å². The molecule has 1 saturated heterocycles. The maximum Gasteiger partial charge on any atom is 0.332 e. The predicted octanol–water partition coefficient (Wildman–Crippen LogP) is -0.437. The normalized spacial score (nSPS) is 17.4. The van der Waals surface area contributed by atoms with E-state index in [-0.39, 0.29) is 17.5 Å². The third kappa shape index (κ3) is 3.37. The van der Waals surface area contributed by atoms with E-state index >= 15 is 0 Å². The molecule has 0 bridgehead atoms. The first-order valence-electron chi connectivity index (χ1n) is 7.19. The molecule has 8 heteroatoms. The van der Waals surface area contributed by atoms with Crippen LogP contribution in [0.2, 0.25) is 0 Å². The maximum absolute atomic E-state index is 11.9. The van der Waals surface area contributed by atoms with Crippen molar-refractivity contribution in [3.8, 4) is 6.07 Å². The van der Waals surface area contributed by atoms with Gasteiger partial charge in [-0.15, -0.1) is 0 Å². The van der Waals surface area contributed by atoms with E-state index in [9.17, 15) is 9.59 Å². The smallest absolute Gasteiger partial charge is 0.332 e. The van der Waals surface area contributed by atoms with Gasteiger partial charge in [0.05, 0.1) is 19.3 Å². The summed E-state index contributed by atoms with van der Waals surface area (Å²) in [6, 6.07) is 1.84. The molecule has 22 heavy (non-hydrogen) atoms. The van der Waals surface area contributed by atoms with E-state index in [1.807, 2.05) is 6.07 Å².